The summed E-state index contributed by atoms with van der Waals surface area (Å²) < 4.78 is 35.6. The largest absolute Gasteiger partial charge is 0.504 e. The highest BCUT2D eigenvalue weighted by atomic mass is 19.1. The summed E-state index contributed by atoms with van der Waals surface area (Å²) >= 11 is 0. The molecule has 3 amide bonds. The number of fused-ring (bicyclic) bond motifs is 4. The molecule has 14 nitrogen and oxygen atoms in total. The van der Waals surface area contributed by atoms with Crippen LogP contribution in [-0.4, -0.2) is 106 Å². The van der Waals surface area contributed by atoms with Gasteiger partial charge in [0.2, 0.25) is 12.3 Å². The van der Waals surface area contributed by atoms with Gasteiger partial charge in [-0.1, -0.05) is 12.1 Å². The second-order valence-electron chi connectivity index (χ2n) is 14.5. The Hall–Kier alpha value is -5.90. The van der Waals surface area contributed by atoms with Crippen molar-refractivity contribution in [3.63, 3.8) is 0 Å². The number of aromatic hydroxyl groups is 1. The van der Waals surface area contributed by atoms with Crippen molar-refractivity contribution >= 4 is 35.4 Å². The predicted molar refractivity (Wildman–Crippen MR) is 199 cm³/mol. The summed E-state index contributed by atoms with van der Waals surface area (Å²) in [5.41, 5.74) is 4.68. The van der Waals surface area contributed by atoms with Gasteiger partial charge in [-0.25, -0.2) is 13.8 Å². The quantitative estimate of drug-likeness (QED) is 0.191. The molecule has 8 rings (SSSR count). The van der Waals surface area contributed by atoms with Crippen molar-refractivity contribution in [3.8, 4) is 22.9 Å². The van der Waals surface area contributed by atoms with E-state index < -0.39 is 17.4 Å². The number of phenolic OH excluding ortho intramolecular Hbond substituents is 1. The van der Waals surface area contributed by atoms with Crippen LogP contribution in [0.1, 0.15) is 47.7 Å². The number of imide groups is 1. The zero-order valence-electron chi connectivity index (χ0n) is 30.3. The summed E-state index contributed by atoms with van der Waals surface area (Å²) in [6.07, 6.45) is 2.95. The molecule has 2 saturated heterocycles. The number of benzene rings is 2. The number of hydrogen-bond donors (Lipinski definition) is 3. The Labute approximate surface area is 316 Å². The van der Waals surface area contributed by atoms with Gasteiger partial charge in [-0.05, 0) is 60.9 Å². The Morgan fingerprint density at radius 2 is 1.93 bits per heavy atom. The molecule has 4 aliphatic heterocycles. The van der Waals surface area contributed by atoms with Gasteiger partial charge in [0.1, 0.15) is 6.10 Å². The van der Waals surface area contributed by atoms with Crippen molar-refractivity contribution in [2.45, 2.75) is 57.5 Å². The fourth-order valence-electron chi connectivity index (χ4n) is 7.96. The molecule has 6 heterocycles. The Morgan fingerprint density at radius 3 is 2.73 bits per heavy atom. The van der Waals surface area contributed by atoms with Gasteiger partial charge in [-0.15, -0.1) is 10.2 Å². The number of piperazine rings is 1. The third-order valence-corrected chi connectivity index (χ3v) is 11.0. The Bertz CT molecular complexity index is 2130. The monoisotopic (exact) mass is 753 g/mol. The number of halogens is 2. The molecule has 0 bridgehead atoms. The standard InChI is InChI=1S/C39H41F2N9O5/c1-23(5-8-35(52)44-22-51)49-20-25-6-7-26(15-30(25)39(49)54)48-11-9-47(10-12-48)19-24-13-32(41)38(43-17-24)55-28-14-27-18-42-37-34(50(27)21-28)16-33(45-46-37)29-3-2-4-31(40)36(29)53/h2-4,6-7,13,15-17,22-23,27-28,53H,5,8-12,14,18-21H2,1H3,(H,42,46)(H,44,51,52). The van der Waals surface area contributed by atoms with Crippen molar-refractivity contribution in [3.05, 3.63) is 83.1 Å². The topological polar surface area (TPSA) is 156 Å². The summed E-state index contributed by atoms with van der Waals surface area (Å²) in [4.78, 5) is 48.3. The van der Waals surface area contributed by atoms with Crippen molar-refractivity contribution in [2.75, 3.05) is 54.4 Å². The van der Waals surface area contributed by atoms with E-state index >= 15 is 4.39 Å². The number of carbonyl (C=O) groups is 3. The number of aromatic nitrogens is 3. The van der Waals surface area contributed by atoms with E-state index in [1.165, 1.54) is 18.2 Å². The lowest BCUT2D eigenvalue weighted by molar-refractivity contribution is -0.125. The van der Waals surface area contributed by atoms with E-state index in [0.29, 0.717) is 62.5 Å². The van der Waals surface area contributed by atoms with Gasteiger partial charge in [0, 0.05) is 87.7 Å². The molecule has 4 aromatic rings. The number of para-hydroxylation sites is 1. The number of carbonyl (C=O) groups excluding carboxylic acids is 3. The normalized spacial score (nSPS) is 19.7. The highest BCUT2D eigenvalue weighted by Gasteiger charge is 2.39. The summed E-state index contributed by atoms with van der Waals surface area (Å²) in [6, 6.07) is 13.4. The highest BCUT2D eigenvalue weighted by Crippen LogP contribution is 2.39. The smallest absolute Gasteiger partial charge is 0.254 e. The summed E-state index contributed by atoms with van der Waals surface area (Å²) in [6.45, 7) is 6.97. The summed E-state index contributed by atoms with van der Waals surface area (Å²) in [5, 5.41) is 24.1. The minimum atomic E-state index is -0.740. The first kappa shape index (κ1) is 36.1. The van der Waals surface area contributed by atoms with Crippen molar-refractivity contribution < 1.29 is 33.0 Å². The molecule has 0 radical (unpaired) electrons. The number of ether oxygens (including phenoxy) is 1. The molecule has 0 saturated carbocycles. The van der Waals surface area contributed by atoms with Crippen LogP contribution in [0.15, 0.2) is 54.7 Å². The van der Waals surface area contributed by atoms with Crippen LogP contribution >= 0.6 is 0 Å². The maximum absolute atomic E-state index is 15.4. The molecule has 2 fully saturated rings. The molecule has 3 unspecified atom stereocenters. The zero-order valence-corrected chi connectivity index (χ0v) is 30.3. The number of rotatable bonds is 11. The molecule has 55 heavy (non-hydrogen) atoms. The van der Waals surface area contributed by atoms with Gasteiger partial charge in [0.25, 0.3) is 11.8 Å². The SMILES string of the molecule is CC(CCC(=O)NC=O)N1Cc2ccc(N3CCN(Cc4cnc(OC5CC6CNc7nnc(-c8cccc(F)c8O)cc7N6C5)c(F)c4)CC3)cc2C1=O. The Morgan fingerprint density at radius 1 is 1.09 bits per heavy atom. The molecule has 2 aromatic carbocycles. The van der Waals surface area contributed by atoms with Crippen LogP contribution in [0.3, 0.4) is 0 Å². The first-order chi connectivity index (χ1) is 26.6. The zero-order chi connectivity index (χ0) is 38.2. The molecule has 0 aliphatic carbocycles. The minimum Gasteiger partial charge on any atom is -0.504 e. The van der Waals surface area contributed by atoms with Gasteiger partial charge in [-0.2, -0.15) is 0 Å². The fourth-order valence-corrected chi connectivity index (χ4v) is 7.96. The first-order valence-corrected chi connectivity index (χ1v) is 18.5. The molecule has 0 spiro atoms. The van der Waals surface area contributed by atoms with E-state index in [-0.39, 0.29) is 47.9 Å². The second-order valence-corrected chi connectivity index (χ2v) is 14.5. The molecular weight excluding hydrogens is 712 g/mol. The third kappa shape index (κ3) is 7.33. The maximum Gasteiger partial charge on any atom is 0.254 e. The average Bonchev–Trinajstić information content (AvgIpc) is 3.76. The first-order valence-electron chi connectivity index (χ1n) is 18.5. The lowest BCUT2D eigenvalue weighted by Gasteiger charge is -2.36. The molecule has 2 aromatic heterocycles. The average molecular weight is 754 g/mol. The summed E-state index contributed by atoms with van der Waals surface area (Å²) in [5.74, 6) is -1.64. The predicted octanol–water partition coefficient (Wildman–Crippen LogP) is 3.69. The number of amides is 3. The van der Waals surface area contributed by atoms with E-state index in [1.807, 2.05) is 25.1 Å². The van der Waals surface area contributed by atoms with Crippen LogP contribution in [-0.2, 0) is 22.7 Å². The van der Waals surface area contributed by atoms with Crippen molar-refractivity contribution in [1.29, 1.82) is 0 Å². The fraction of sp³-hybridized carbons (Fsp3) is 0.385. The van der Waals surface area contributed by atoms with Crippen LogP contribution in [0.25, 0.3) is 11.3 Å². The van der Waals surface area contributed by atoms with Crippen LogP contribution in [0.5, 0.6) is 11.6 Å². The lowest BCUT2D eigenvalue weighted by Crippen LogP contribution is -2.46. The third-order valence-electron chi connectivity index (χ3n) is 11.0. The number of phenols is 1. The molecular formula is C39H41F2N9O5. The molecule has 3 N–H and O–H groups in total. The Kier molecular flexibility index (Phi) is 9.90. The van der Waals surface area contributed by atoms with E-state index in [9.17, 15) is 23.9 Å². The van der Waals surface area contributed by atoms with E-state index in [4.69, 9.17) is 4.74 Å². The van der Waals surface area contributed by atoms with Crippen LogP contribution < -0.4 is 25.2 Å². The molecule has 4 aliphatic rings. The second kappa shape index (κ2) is 15.1. The number of pyridine rings is 1. The number of nitrogens with zero attached hydrogens (tertiary/aromatic N) is 7. The van der Waals surface area contributed by atoms with Gasteiger partial charge in [-0.3, -0.25) is 24.6 Å². The maximum atomic E-state index is 15.4. The minimum absolute atomic E-state index is 0.0488. The van der Waals surface area contributed by atoms with E-state index in [0.717, 1.165) is 48.7 Å². The van der Waals surface area contributed by atoms with Crippen molar-refractivity contribution in [1.82, 2.24) is 30.3 Å². The number of hydrogen-bond acceptors (Lipinski definition) is 12. The van der Waals surface area contributed by atoms with Gasteiger partial charge >= 0.3 is 0 Å². The van der Waals surface area contributed by atoms with Gasteiger partial charge in [0.15, 0.2) is 23.2 Å². The molecule has 286 valence electrons. The number of nitrogens with one attached hydrogen (secondary N) is 2. The highest BCUT2D eigenvalue weighted by molar-refractivity contribution is 5.99. The van der Waals surface area contributed by atoms with Gasteiger partial charge < -0.3 is 29.9 Å². The Balaban J connectivity index is 0.842. The van der Waals surface area contributed by atoms with Gasteiger partial charge in [0.05, 0.1) is 24.0 Å². The van der Waals surface area contributed by atoms with Crippen LogP contribution in [0.2, 0.25) is 0 Å². The lowest BCUT2D eigenvalue weighted by atomic mass is 10.1. The number of anilines is 3. The molecule has 3 atom stereocenters. The van der Waals surface area contributed by atoms with E-state index in [1.54, 1.807) is 23.2 Å². The summed E-state index contributed by atoms with van der Waals surface area (Å²) in [7, 11) is 0. The van der Waals surface area contributed by atoms with Crippen LogP contribution in [0.4, 0.5) is 26.0 Å². The van der Waals surface area contributed by atoms with Crippen molar-refractivity contribution in [2.24, 2.45) is 0 Å². The molecule has 16 heteroatoms. The van der Waals surface area contributed by atoms with Crippen LogP contribution in [0, 0.1) is 11.6 Å². The van der Waals surface area contributed by atoms with E-state index in [2.05, 4.69) is 40.5 Å².